The maximum Gasteiger partial charge on any atom is 0.313 e. The summed E-state index contributed by atoms with van der Waals surface area (Å²) in [5.41, 5.74) is 1.59. The molecule has 0 aliphatic heterocycles. The molecule has 0 amide bonds. The van der Waals surface area contributed by atoms with E-state index in [9.17, 15) is 4.79 Å². The fourth-order valence-electron chi connectivity index (χ4n) is 2.65. The Morgan fingerprint density at radius 1 is 1.22 bits per heavy atom. The van der Waals surface area contributed by atoms with E-state index in [4.69, 9.17) is 14.1 Å². The third kappa shape index (κ3) is 2.99. The van der Waals surface area contributed by atoms with Crippen LogP contribution in [0.1, 0.15) is 12.7 Å². The van der Waals surface area contributed by atoms with Gasteiger partial charge in [0.05, 0.1) is 19.4 Å². The summed E-state index contributed by atoms with van der Waals surface area (Å²) < 4.78 is 16.7. The number of methoxy groups -OCH3 is 1. The maximum absolute atomic E-state index is 11.9. The summed E-state index contributed by atoms with van der Waals surface area (Å²) in [4.78, 5) is 16.3. The van der Waals surface area contributed by atoms with Crippen LogP contribution in [0.25, 0.3) is 16.9 Å². The van der Waals surface area contributed by atoms with E-state index < -0.39 is 5.97 Å². The van der Waals surface area contributed by atoms with Gasteiger partial charge < -0.3 is 14.8 Å². The molecule has 11 heteroatoms. The van der Waals surface area contributed by atoms with Crippen molar-refractivity contribution >= 4 is 34.4 Å². The van der Waals surface area contributed by atoms with E-state index in [1.165, 1.54) is 0 Å². The fourth-order valence-corrected chi connectivity index (χ4v) is 2.65. The molecule has 0 aliphatic rings. The lowest BCUT2D eigenvalue weighted by Crippen LogP contribution is -2.11. The molecule has 138 valence electrons. The average molecular weight is 369 g/mol. The van der Waals surface area contributed by atoms with Crippen molar-refractivity contribution in [1.29, 1.82) is 0 Å². The molecule has 4 aromatic rings. The molecule has 0 saturated carbocycles. The van der Waals surface area contributed by atoms with Crippen molar-refractivity contribution < 1.29 is 18.9 Å². The fraction of sp³-hybridized carbons (Fsp3) is 0.250. The highest BCUT2D eigenvalue weighted by molar-refractivity contribution is 5.81. The number of hydrogen-bond donors (Lipinski definition) is 1. The van der Waals surface area contributed by atoms with E-state index in [2.05, 4.69) is 30.8 Å². The second-order valence-corrected chi connectivity index (χ2v) is 5.45. The number of nitrogens with zero attached hydrogens (tertiary/aromatic N) is 6. The summed E-state index contributed by atoms with van der Waals surface area (Å²) >= 11 is 0. The van der Waals surface area contributed by atoms with Crippen LogP contribution in [0.5, 0.6) is 5.75 Å². The molecule has 0 atom stereocenters. The predicted octanol–water partition coefficient (Wildman–Crippen LogP) is 1.52. The summed E-state index contributed by atoms with van der Waals surface area (Å²) in [6, 6.07) is 7.35. The second kappa shape index (κ2) is 6.86. The zero-order valence-corrected chi connectivity index (χ0v) is 14.5. The molecular weight excluding hydrogens is 354 g/mol. The van der Waals surface area contributed by atoms with Gasteiger partial charge in [-0.05, 0) is 29.4 Å². The summed E-state index contributed by atoms with van der Waals surface area (Å²) in [6.07, 6.45) is -0.0743. The molecule has 0 spiro atoms. The van der Waals surface area contributed by atoms with E-state index in [0.717, 1.165) is 0 Å². The van der Waals surface area contributed by atoms with E-state index in [0.29, 0.717) is 34.4 Å². The van der Waals surface area contributed by atoms with Gasteiger partial charge in [0.2, 0.25) is 16.9 Å². The van der Waals surface area contributed by atoms with Gasteiger partial charge in [-0.25, -0.2) is 9.61 Å². The highest BCUT2D eigenvalue weighted by Crippen LogP contribution is 2.29. The van der Waals surface area contributed by atoms with Crippen molar-refractivity contribution in [2.75, 3.05) is 19.0 Å². The SMILES string of the molecule is CCOC(=O)Cc1nnc2c(Nc3ccccc3OC)nc3nonc3n12. The number of rotatable bonds is 6. The number of ether oxygens (including phenoxy) is 2. The number of aromatic nitrogens is 6. The van der Waals surface area contributed by atoms with E-state index in [-0.39, 0.29) is 18.7 Å². The third-order valence-electron chi connectivity index (χ3n) is 3.79. The first-order valence-corrected chi connectivity index (χ1v) is 8.13. The zero-order chi connectivity index (χ0) is 18.8. The van der Waals surface area contributed by atoms with E-state index in [1.54, 1.807) is 18.4 Å². The molecule has 0 saturated heterocycles. The lowest BCUT2D eigenvalue weighted by molar-refractivity contribution is -0.142. The third-order valence-corrected chi connectivity index (χ3v) is 3.79. The van der Waals surface area contributed by atoms with E-state index >= 15 is 0 Å². The first kappa shape index (κ1) is 16.7. The van der Waals surface area contributed by atoms with Crippen LogP contribution in [-0.4, -0.2) is 49.6 Å². The largest absolute Gasteiger partial charge is 0.495 e. The summed E-state index contributed by atoms with van der Waals surface area (Å²) in [5, 5.41) is 19.0. The zero-order valence-electron chi connectivity index (χ0n) is 14.5. The molecule has 0 unspecified atom stereocenters. The van der Waals surface area contributed by atoms with Crippen molar-refractivity contribution in [3.05, 3.63) is 30.1 Å². The van der Waals surface area contributed by atoms with Gasteiger partial charge in [-0.3, -0.25) is 9.20 Å². The minimum Gasteiger partial charge on any atom is -0.495 e. The van der Waals surface area contributed by atoms with Gasteiger partial charge in [0.1, 0.15) is 12.2 Å². The molecule has 1 aromatic carbocycles. The Bertz CT molecular complexity index is 1120. The highest BCUT2D eigenvalue weighted by atomic mass is 16.6. The van der Waals surface area contributed by atoms with Crippen LogP contribution >= 0.6 is 0 Å². The maximum atomic E-state index is 11.9. The standard InChI is InChI=1S/C16H15N7O4/c1-3-26-12(24)8-11-19-20-15-13(17-9-6-4-5-7-10(9)25-2)18-14-16(23(11)15)22-27-21-14/h4-7H,3,8H2,1-2H3,(H,17,18,21). The minimum absolute atomic E-state index is 0.0743. The van der Waals surface area contributed by atoms with Crippen molar-refractivity contribution in [1.82, 2.24) is 29.9 Å². The average Bonchev–Trinajstić information content (AvgIpc) is 3.29. The number of carbonyl (C=O) groups is 1. The molecule has 27 heavy (non-hydrogen) atoms. The normalized spacial score (nSPS) is 11.0. The molecule has 0 radical (unpaired) electrons. The molecule has 3 heterocycles. The Hall–Kier alpha value is -3.76. The van der Waals surface area contributed by atoms with Crippen LogP contribution in [0, 0.1) is 0 Å². The Morgan fingerprint density at radius 3 is 2.89 bits per heavy atom. The summed E-state index contributed by atoms with van der Waals surface area (Å²) in [6.45, 7) is 2.01. The van der Waals surface area contributed by atoms with Gasteiger partial charge >= 0.3 is 5.97 Å². The summed E-state index contributed by atoms with van der Waals surface area (Å²) in [5.74, 6) is 0.912. The van der Waals surface area contributed by atoms with Gasteiger partial charge in [0, 0.05) is 0 Å². The molecule has 0 fully saturated rings. The summed E-state index contributed by atoms with van der Waals surface area (Å²) in [7, 11) is 1.57. The number of benzene rings is 1. The van der Waals surface area contributed by atoms with Crippen LogP contribution < -0.4 is 10.1 Å². The minimum atomic E-state index is -0.424. The first-order chi connectivity index (χ1) is 13.2. The highest BCUT2D eigenvalue weighted by Gasteiger charge is 2.21. The van der Waals surface area contributed by atoms with Crippen LogP contribution in [0.3, 0.4) is 0 Å². The van der Waals surface area contributed by atoms with Crippen molar-refractivity contribution in [2.45, 2.75) is 13.3 Å². The van der Waals surface area contributed by atoms with Crippen molar-refractivity contribution in [2.24, 2.45) is 0 Å². The lowest BCUT2D eigenvalue weighted by Gasteiger charge is -2.10. The van der Waals surface area contributed by atoms with Crippen molar-refractivity contribution in [3.63, 3.8) is 0 Å². The van der Waals surface area contributed by atoms with Gasteiger partial charge in [0.25, 0.3) is 0 Å². The van der Waals surface area contributed by atoms with Crippen LogP contribution in [-0.2, 0) is 16.0 Å². The van der Waals surface area contributed by atoms with Gasteiger partial charge in [0.15, 0.2) is 11.6 Å². The molecule has 4 rings (SSSR count). The van der Waals surface area contributed by atoms with Gasteiger partial charge in [-0.15, -0.1) is 10.2 Å². The quantitative estimate of drug-likeness (QED) is 0.499. The smallest absolute Gasteiger partial charge is 0.313 e. The number of para-hydroxylation sites is 2. The molecule has 3 aromatic heterocycles. The molecular formula is C16H15N7O4. The number of carbonyl (C=O) groups excluding carboxylic acids is 1. The Kier molecular flexibility index (Phi) is 4.24. The lowest BCUT2D eigenvalue weighted by atomic mass is 10.3. The molecule has 11 nitrogen and oxygen atoms in total. The number of nitrogens with one attached hydrogen (secondary N) is 1. The molecule has 1 N–H and O–H groups in total. The second-order valence-electron chi connectivity index (χ2n) is 5.45. The number of anilines is 2. The molecule has 0 bridgehead atoms. The predicted molar refractivity (Wildman–Crippen MR) is 92.8 cm³/mol. The Morgan fingerprint density at radius 2 is 2.07 bits per heavy atom. The Balaban J connectivity index is 1.83. The number of hydrogen-bond acceptors (Lipinski definition) is 10. The number of fused-ring (bicyclic) bond motifs is 3. The van der Waals surface area contributed by atoms with Crippen molar-refractivity contribution in [3.8, 4) is 5.75 Å². The monoisotopic (exact) mass is 369 g/mol. The van der Waals surface area contributed by atoms with Gasteiger partial charge in [-0.2, -0.15) is 0 Å². The number of esters is 1. The topological polar surface area (TPSA) is 130 Å². The van der Waals surface area contributed by atoms with E-state index in [1.807, 2.05) is 24.3 Å². The van der Waals surface area contributed by atoms with Crippen LogP contribution in [0.2, 0.25) is 0 Å². The first-order valence-electron chi connectivity index (χ1n) is 8.13. The van der Waals surface area contributed by atoms with Crippen LogP contribution in [0.15, 0.2) is 28.9 Å². The molecule has 0 aliphatic carbocycles. The van der Waals surface area contributed by atoms with Crippen LogP contribution in [0.4, 0.5) is 11.5 Å². The Labute approximate surface area is 152 Å². The van der Waals surface area contributed by atoms with Gasteiger partial charge in [-0.1, -0.05) is 12.1 Å².